The van der Waals surface area contributed by atoms with Gasteiger partial charge < -0.3 is 29.9 Å². The average molecular weight is 508 g/mol. The van der Waals surface area contributed by atoms with Crippen molar-refractivity contribution in [1.82, 2.24) is 9.88 Å². The van der Waals surface area contributed by atoms with Gasteiger partial charge >= 0.3 is 18.1 Å². The number of carboxylic acid groups (broad SMARTS) is 2. The van der Waals surface area contributed by atoms with Crippen LogP contribution < -0.4 is 4.74 Å². The number of aliphatic carboxylic acids is 2. The molecule has 0 aliphatic carbocycles. The lowest BCUT2D eigenvalue weighted by Crippen LogP contribution is -2.40. The highest BCUT2D eigenvalue weighted by Crippen LogP contribution is 2.33. The number of piperidine rings is 1. The van der Waals surface area contributed by atoms with E-state index in [1.165, 1.54) is 0 Å². The normalized spacial score (nSPS) is 15.7. The number of benzene rings is 2. The van der Waals surface area contributed by atoms with E-state index in [0.717, 1.165) is 60.3 Å². The Hall–Kier alpha value is -3.57. The molecule has 4 N–H and O–H groups in total. The molecule has 194 valence electrons. The maximum atomic E-state index is 12.7. The highest BCUT2D eigenvalue weighted by Gasteiger charge is 2.30. The second-order valence-corrected chi connectivity index (χ2v) is 8.46. The molecule has 1 aliphatic heterocycles. The first-order valence-electron chi connectivity index (χ1n) is 11.3. The van der Waals surface area contributed by atoms with E-state index in [1.54, 1.807) is 12.1 Å². The summed E-state index contributed by atoms with van der Waals surface area (Å²) in [7, 11) is 0. The molecule has 8 nitrogen and oxygen atoms in total. The first-order chi connectivity index (χ1) is 17.0. The van der Waals surface area contributed by atoms with Crippen LogP contribution in [0.1, 0.15) is 29.9 Å². The average Bonchev–Trinajstić information content (AvgIpc) is 3.33. The standard InChI is InChI=1S/C23H25F3N2O2.C2H2O4/c24-23(25,26)18-6-4-16(5-7-18)17-9-12-28(13-10-17)14-19(29)15-30-22-3-1-2-21-20(22)8-11-27-21;3-1(4)2(5)6/h1-8,11,17,19,27,29H,9-10,12-15H2;(H,3,4)(H,5,6)/t19-;/m0./s1. The summed E-state index contributed by atoms with van der Waals surface area (Å²) in [5, 5.41) is 26.2. The second-order valence-electron chi connectivity index (χ2n) is 8.46. The van der Waals surface area contributed by atoms with Crippen molar-refractivity contribution in [2.45, 2.75) is 31.0 Å². The summed E-state index contributed by atoms with van der Waals surface area (Å²) in [4.78, 5) is 23.5. The van der Waals surface area contributed by atoms with Crippen molar-refractivity contribution in [3.63, 3.8) is 0 Å². The van der Waals surface area contributed by atoms with E-state index in [1.807, 2.05) is 30.5 Å². The summed E-state index contributed by atoms with van der Waals surface area (Å²) >= 11 is 0. The maximum Gasteiger partial charge on any atom is 0.416 e. The van der Waals surface area contributed by atoms with Crippen molar-refractivity contribution in [1.29, 1.82) is 0 Å². The molecule has 11 heteroatoms. The summed E-state index contributed by atoms with van der Waals surface area (Å²) in [5.74, 6) is -2.65. The summed E-state index contributed by atoms with van der Waals surface area (Å²) in [6, 6.07) is 13.2. The van der Waals surface area contributed by atoms with Gasteiger partial charge in [0.25, 0.3) is 0 Å². The first-order valence-corrected chi connectivity index (χ1v) is 11.3. The SMILES string of the molecule is O=C(O)C(=O)O.O[C@H](COc1cccc2[nH]ccc12)CN1CCC(c2ccc(C(F)(F)F)cc2)CC1. The molecule has 1 saturated heterocycles. The number of aromatic nitrogens is 1. The number of hydrogen-bond acceptors (Lipinski definition) is 5. The number of nitrogens with zero attached hydrogens (tertiary/aromatic N) is 1. The Kier molecular flexibility index (Phi) is 8.94. The third-order valence-electron chi connectivity index (χ3n) is 5.94. The van der Waals surface area contributed by atoms with Crippen LogP contribution in [0.4, 0.5) is 13.2 Å². The number of rotatable bonds is 6. The summed E-state index contributed by atoms with van der Waals surface area (Å²) < 4.78 is 44.0. The van der Waals surface area contributed by atoms with Crippen molar-refractivity contribution >= 4 is 22.8 Å². The smallest absolute Gasteiger partial charge is 0.416 e. The molecule has 0 spiro atoms. The van der Waals surface area contributed by atoms with E-state index >= 15 is 0 Å². The predicted molar refractivity (Wildman–Crippen MR) is 125 cm³/mol. The van der Waals surface area contributed by atoms with Gasteiger partial charge in [-0.15, -0.1) is 0 Å². The zero-order valence-corrected chi connectivity index (χ0v) is 19.2. The number of aliphatic hydroxyl groups excluding tert-OH is 1. The van der Waals surface area contributed by atoms with Gasteiger partial charge in [-0.25, -0.2) is 9.59 Å². The fourth-order valence-electron chi connectivity index (χ4n) is 4.11. The van der Waals surface area contributed by atoms with Crippen LogP contribution in [0.15, 0.2) is 54.7 Å². The van der Waals surface area contributed by atoms with Crippen LogP contribution in [-0.2, 0) is 15.8 Å². The molecule has 1 aliphatic rings. The number of fused-ring (bicyclic) bond motifs is 1. The second kappa shape index (κ2) is 11.9. The minimum absolute atomic E-state index is 0.211. The van der Waals surface area contributed by atoms with Crippen molar-refractivity contribution in [2.75, 3.05) is 26.2 Å². The van der Waals surface area contributed by atoms with E-state index in [2.05, 4.69) is 9.88 Å². The van der Waals surface area contributed by atoms with Crippen LogP contribution in [0.25, 0.3) is 10.9 Å². The van der Waals surface area contributed by atoms with E-state index in [-0.39, 0.29) is 12.5 Å². The monoisotopic (exact) mass is 508 g/mol. The zero-order chi connectivity index (χ0) is 26.3. The van der Waals surface area contributed by atoms with Crippen LogP contribution in [0.2, 0.25) is 0 Å². The predicted octanol–water partition coefficient (Wildman–Crippen LogP) is 3.96. The molecule has 0 saturated carbocycles. The van der Waals surface area contributed by atoms with Gasteiger partial charge in [0.1, 0.15) is 18.5 Å². The van der Waals surface area contributed by atoms with E-state index in [9.17, 15) is 18.3 Å². The molecule has 1 atom stereocenters. The lowest BCUT2D eigenvalue weighted by Gasteiger charge is -2.33. The van der Waals surface area contributed by atoms with E-state index < -0.39 is 29.8 Å². The Morgan fingerprint density at radius 2 is 1.67 bits per heavy atom. The quantitative estimate of drug-likeness (QED) is 0.372. The van der Waals surface area contributed by atoms with Crippen molar-refractivity contribution in [3.8, 4) is 5.75 Å². The molecule has 2 heterocycles. The minimum Gasteiger partial charge on any atom is -0.490 e. The molecular weight excluding hydrogens is 481 g/mol. The number of carboxylic acids is 2. The Bertz CT molecular complexity index is 1140. The molecule has 0 bridgehead atoms. The largest absolute Gasteiger partial charge is 0.490 e. The summed E-state index contributed by atoms with van der Waals surface area (Å²) in [6.07, 6.45) is -1.33. The van der Waals surface area contributed by atoms with Crippen molar-refractivity contribution < 1.29 is 42.8 Å². The number of aliphatic hydroxyl groups is 1. The lowest BCUT2D eigenvalue weighted by atomic mass is 9.89. The van der Waals surface area contributed by atoms with Gasteiger partial charge in [0.05, 0.1) is 5.56 Å². The molecule has 3 aromatic rings. The van der Waals surface area contributed by atoms with Crippen LogP contribution in [0.3, 0.4) is 0 Å². The molecule has 1 aromatic heterocycles. The van der Waals surface area contributed by atoms with E-state index in [0.29, 0.717) is 6.54 Å². The third kappa shape index (κ3) is 7.46. The molecule has 0 unspecified atom stereocenters. The number of aromatic amines is 1. The number of nitrogens with one attached hydrogen (secondary N) is 1. The van der Waals surface area contributed by atoms with Crippen molar-refractivity contribution in [2.24, 2.45) is 0 Å². The number of halogens is 3. The number of carbonyl (C=O) groups is 2. The molecule has 0 amide bonds. The van der Waals surface area contributed by atoms with Gasteiger partial charge in [0, 0.05) is 23.6 Å². The van der Waals surface area contributed by atoms with E-state index in [4.69, 9.17) is 24.5 Å². The van der Waals surface area contributed by atoms with Crippen LogP contribution in [-0.4, -0.2) is 69.5 Å². The third-order valence-corrected chi connectivity index (χ3v) is 5.94. The Morgan fingerprint density at radius 1 is 1.03 bits per heavy atom. The molecular formula is C25H27F3N2O6. The number of alkyl halides is 3. The number of likely N-dealkylation sites (tertiary alicyclic amines) is 1. The number of ether oxygens (including phenoxy) is 1. The van der Waals surface area contributed by atoms with Gasteiger partial charge in [0.15, 0.2) is 0 Å². The number of β-amino-alcohol motifs (C(OH)–C–C–N with tert-alkyl or cyclic N) is 1. The molecule has 0 radical (unpaired) electrons. The molecule has 36 heavy (non-hydrogen) atoms. The highest BCUT2D eigenvalue weighted by molar-refractivity contribution is 6.27. The Labute approximate surface area is 204 Å². The Balaban J connectivity index is 0.000000538. The number of hydrogen-bond donors (Lipinski definition) is 4. The fourth-order valence-corrected chi connectivity index (χ4v) is 4.11. The number of H-pyrrole nitrogens is 1. The van der Waals surface area contributed by atoms with Crippen LogP contribution in [0.5, 0.6) is 5.75 Å². The van der Waals surface area contributed by atoms with Gasteiger partial charge in [-0.2, -0.15) is 13.2 Å². The van der Waals surface area contributed by atoms with Gasteiger partial charge in [-0.05, 0) is 67.7 Å². The Morgan fingerprint density at radius 3 is 2.25 bits per heavy atom. The maximum absolute atomic E-state index is 12.7. The molecule has 1 fully saturated rings. The van der Waals surface area contributed by atoms with Crippen LogP contribution in [0, 0.1) is 0 Å². The van der Waals surface area contributed by atoms with Gasteiger partial charge in [-0.3, -0.25) is 0 Å². The highest BCUT2D eigenvalue weighted by atomic mass is 19.4. The van der Waals surface area contributed by atoms with Gasteiger partial charge in [0.2, 0.25) is 0 Å². The van der Waals surface area contributed by atoms with Crippen LogP contribution >= 0.6 is 0 Å². The first kappa shape index (κ1) is 27.0. The fraction of sp³-hybridized carbons (Fsp3) is 0.360. The minimum atomic E-state index is -4.30. The summed E-state index contributed by atoms with van der Waals surface area (Å²) in [6.45, 7) is 2.33. The van der Waals surface area contributed by atoms with Gasteiger partial charge in [-0.1, -0.05) is 18.2 Å². The van der Waals surface area contributed by atoms with Crippen molar-refractivity contribution in [3.05, 3.63) is 65.9 Å². The zero-order valence-electron chi connectivity index (χ0n) is 19.2. The topological polar surface area (TPSA) is 123 Å². The summed E-state index contributed by atoms with van der Waals surface area (Å²) in [5.41, 5.74) is 1.33. The molecule has 2 aromatic carbocycles. The molecule has 4 rings (SSSR count). The lowest BCUT2D eigenvalue weighted by molar-refractivity contribution is -0.159.